The molecular formula is C18H19F3N2O. The summed E-state index contributed by atoms with van der Waals surface area (Å²) in [5.74, 6) is -0.195. The second-order valence-corrected chi connectivity index (χ2v) is 6.09. The van der Waals surface area contributed by atoms with Crippen LogP contribution >= 0.6 is 0 Å². The van der Waals surface area contributed by atoms with E-state index in [1.807, 2.05) is 0 Å². The van der Waals surface area contributed by atoms with Gasteiger partial charge in [0, 0.05) is 26.2 Å². The highest BCUT2D eigenvalue weighted by Crippen LogP contribution is 2.29. The molecule has 0 saturated carbocycles. The second kappa shape index (κ2) is 6.45. The predicted octanol–water partition coefficient (Wildman–Crippen LogP) is 3.87. The quantitative estimate of drug-likeness (QED) is 0.921. The minimum atomic E-state index is -4.66. The van der Waals surface area contributed by atoms with E-state index in [4.69, 9.17) is 5.73 Å². The molecule has 0 unspecified atom stereocenters. The van der Waals surface area contributed by atoms with Crippen LogP contribution in [0.25, 0.3) is 0 Å². The van der Waals surface area contributed by atoms with Crippen LogP contribution in [0, 0.1) is 6.92 Å². The Hall–Kier alpha value is -2.05. The molecule has 0 atom stereocenters. The molecule has 2 N–H and O–H groups in total. The Morgan fingerprint density at radius 2 is 1.79 bits per heavy atom. The van der Waals surface area contributed by atoms with Crippen molar-refractivity contribution < 1.29 is 17.9 Å². The van der Waals surface area contributed by atoms with Crippen molar-refractivity contribution in [3.8, 4) is 5.75 Å². The van der Waals surface area contributed by atoms with Crippen molar-refractivity contribution in [3.63, 3.8) is 0 Å². The van der Waals surface area contributed by atoms with Crippen LogP contribution in [0.2, 0.25) is 0 Å². The first-order valence-electron chi connectivity index (χ1n) is 7.72. The van der Waals surface area contributed by atoms with Crippen molar-refractivity contribution in [1.29, 1.82) is 0 Å². The van der Waals surface area contributed by atoms with Crippen LogP contribution < -0.4 is 10.5 Å². The van der Waals surface area contributed by atoms with Gasteiger partial charge in [0.1, 0.15) is 5.75 Å². The molecule has 2 aromatic carbocycles. The summed E-state index contributed by atoms with van der Waals surface area (Å²) >= 11 is 0. The lowest BCUT2D eigenvalue weighted by molar-refractivity contribution is -0.274. The van der Waals surface area contributed by atoms with Gasteiger partial charge >= 0.3 is 6.36 Å². The van der Waals surface area contributed by atoms with E-state index in [1.54, 1.807) is 12.1 Å². The molecule has 0 fully saturated rings. The highest BCUT2D eigenvalue weighted by Gasteiger charge is 2.31. The molecule has 1 heterocycles. The fraction of sp³-hybridized carbons (Fsp3) is 0.333. The van der Waals surface area contributed by atoms with Crippen molar-refractivity contribution in [3.05, 3.63) is 64.2 Å². The van der Waals surface area contributed by atoms with E-state index in [9.17, 15) is 13.2 Å². The maximum Gasteiger partial charge on any atom is 0.573 e. The monoisotopic (exact) mass is 336 g/mol. The van der Waals surface area contributed by atoms with Gasteiger partial charge in [-0.25, -0.2) is 0 Å². The summed E-state index contributed by atoms with van der Waals surface area (Å²) in [6, 6.07) is 10.3. The van der Waals surface area contributed by atoms with Crippen LogP contribution in [0.4, 0.5) is 13.2 Å². The lowest BCUT2D eigenvalue weighted by Crippen LogP contribution is -2.17. The van der Waals surface area contributed by atoms with Gasteiger partial charge in [0.25, 0.3) is 0 Å². The number of nitrogens with zero attached hydrogens (tertiary/aromatic N) is 1. The van der Waals surface area contributed by atoms with E-state index in [1.165, 1.54) is 28.8 Å². The first kappa shape index (κ1) is 16.8. The van der Waals surface area contributed by atoms with E-state index >= 15 is 0 Å². The lowest BCUT2D eigenvalue weighted by Gasteiger charge is -2.15. The topological polar surface area (TPSA) is 38.5 Å². The molecule has 0 aromatic heterocycles. The fourth-order valence-electron chi connectivity index (χ4n) is 3.14. The molecule has 2 aromatic rings. The van der Waals surface area contributed by atoms with Gasteiger partial charge < -0.3 is 10.5 Å². The molecule has 128 valence electrons. The van der Waals surface area contributed by atoms with Crippen molar-refractivity contribution in [1.82, 2.24) is 4.90 Å². The summed E-state index contributed by atoms with van der Waals surface area (Å²) in [5.41, 5.74) is 11.7. The molecule has 3 rings (SSSR count). The third-order valence-electron chi connectivity index (χ3n) is 4.20. The molecule has 0 radical (unpaired) electrons. The Morgan fingerprint density at radius 3 is 2.42 bits per heavy atom. The summed E-state index contributed by atoms with van der Waals surface area (Å²) in [5, 5.41) is 0. The molecule has 0 saturated heterocycles. The van der Waals surface area contributed by atoms with Crippen LogP contribution in [0.15, 0.2) is 36.4 Å². The zero-order chi connectivity index (χ0) is 17.3. The Bertz CT molecular complexity index is 726. The molecule has 0 bridgehead atoms. The molecule has 6 heteroatoms. The summed E-state index contributed by atoms with van der Waals surface area (Å²) in [6.45, 7) is 4.95. The molecule has 0 aliphatic carbocycles. The number of hydrogen-bond donors (Lipinski definition) is 1. The SMILES string of the molecule is Cc1cc(CN)cc2c1CN(Cc1ccc(OC(F)(F)F)cc1)C2. The highest BCUT2D eigenvalue weighted by atomic mass is 19.4. The van der Waals surface area contributed by atoms with Gasteiger partial charge in [0.15, 0.2) is 0 Å². The number of ether oxygens (including phenoxy) is 1. The normalized spacial score (nSPS) is 14.7. The van der Waals surface area contributed by atoms with Crippen molar-refractivity contribution in [2.24, 2.45) is 5.73 Å². The van der Waals surface area contributed by atoms with Gasteiger partial charge in [-0.05, 0) is 46.9 Å². The fourth-order valence-corrected chi connectivity index (χ4v) is 3.14. The van der Waals surface area contributed by atoms with Crippen LogP contribution in [-0.2, 0) is 26.2 Å². The standard InChI is InChI=1S/C18H19F3N2O/c1-12-6-14(8-22)7-15-10-23(11-17(12)15)9-13-2-4-16(5-3-13)24-18(19,20)21/h2-7H,8-11,22H2,1H3. The largest absolute Gasteiger partial charge is 0.573 e. The average Bonchev–Trinajstić information content (AvgIpc) is 2.91. The third-order valence-corrected chi connectivity index (χ3v) is 4.20. The molecule has 1 aliphatic rings. The van der Waals surface area contributed by atoms with E-state index in [0.717, 1.165) is 24.2 Å². The number of benzene rings is 2. The van der Waals surface area contributed by atoms with E-state index in [2.05, 4.69) is 28.7 Å². The van der Waals surface area contributed by atoms with Gasteiger partial charge in [0.2, 0.25) is 0 Å². The Kier molecular flexibility index (Phi) is 4.51. The summed E-state index contributed by atoms with van der Waals surface area (Å²) in [7, 11) is 0. The van der Waals surface area contributed by atoms with Crippen LogP contribution in [0.3, 0.4) is 0 Å². The van der Waals surface area contributed by atoms with Crippen LogP contribution in [0.5, 0.6) is 5.75 Å². The Morgan fingerprint density at radius 1 is 1.08 bits per heavy atom. The van der Waals surface area contributed by atoms with E-state index in [-0.39, 0.29) is 5.75 Å². The molecule has 24 heavy (non-hydrogen) atoms. The molecular weight excluding hydrogens is 317 g/mol. The number of aryl methyl sites for hydroxylation is 1. The van der Waals surface area contributed by atoms with Gasteiger partial charge in [-0.15, -0.1) is 13.2 Å². The number of fused-ring (bicyclic) bond motifs is 1. The first-order valence-corrected chi connectivity index (χ1v) is 7.72. The van der Waals surface area contributed by atoms with Gasteiger partial charge in [-0.3, -0.25) is 4.90 Å². The summed E-state index contributed by atoms with van der Waals surface area (Å²) in [4.78, 5) is 2.26. The van der Waals surface area contributed by atoms with Gasteiger partial charge in [-0.1, -0.05) is 24.3 Å². The second-order valence-electron chi connectivity index (χ2n) is 6.09. The maximum absolute atomic E-state index is 12.2. The first-order chi connectivity index (χ1) is 11.3. The summed E-state index contributed by atoms with van der Waals surface area (Å²) in [6.07, 6.45) is -4.66. The van der Waals surface area contributed by atoms with Crippen molar-refractivity contribution in [2.45, 2.75) is 39.5 Å². The molecule has 0 spiro atoms. The molecule has 1 aliphatic heterocycles. The average molecular weight is 336 g/mol. The molecule has 3 nitrogen and oxygen atoms in total. The van der Waals surface area contributed by atoms with Crippen molar-refractivity contribution >= 4 is 0 Å². The zero-order valence-electron chi connectivity index (χ0n) is 13.4. The smallest absolute Gasteiger partial charge is 0.406 e. The highest BCUT2D eigenvalue weighted by molar-refractivity contribution is 5.41. The third kappa shape index (κ3) is 3.88. The zero-order valence-corrected chi connectivity index (χ0v) is 13.4. The van der Waals surface area contributed by atoms with Crippen LogP contribution in [-0.4, -0.2) is 11.3 Å². The van der Waals surface area contributed by atoms with Crippen molar-refractivity contribution in [2.75, 3.05) is 0 Å². The number of halogens is 3. The predicted molar refractivity (Wildman–Crippen MR) is 85.1 cm³/mol. The maximum atomic E-state index is 12.2. The lowest BCUT2D eigenvalue weighted by atomic mass is 10.0. The minimum Gasteiger partial charge on any atom is -0.406 e. The van der Waals surface area contributed by atoms with E-state index in [0.29, 0.717) is 13.1 Å². The van der Waals surface area contributed by atoms with Crippen LogP contribution in [0.1, 0.15) is 27.8 Å². The van der Waals surface area contributed by atoms with E-state index < -0.39 is 6.36 Å². The Balaban J connectivity index is 1.67. The summed E-state index contributed by atoms with van der Waals surface area (Å²) < 4.78 is 40.4. The number of alkyl halides is 3. The van der Waals surface area contributed by atoms with Gasteiger partial charge in [0.05, 0.1) is 0 Å². The number of hydrogen-bond acceptors (Lipinski definition) is 3. The molecule has 0 amide bonds. The van der Waals surface area contributed by atoms with Gasteiger partial charge in [-0.2, -0.15) is 0 Å². The minimum absolute atomic E-state index is 0.195. The Labute approximate surface area is 138 Å². The number of rotatable bonds is 4. The number of nitrogens with two attached hydrogens (primary N) is 1.